The predicted octanol–water partition coefficient (Wildman–Crippen LogP) is 3.44. The smallest absolute Gasteiger partial charge is 0.254 e. The number of hydrogen-bond donors (Lipinski definition) is 1. The molecule has 1 saturated carbocycles. The van der Waals surface area contributed by atoms with Crippen molar-refractivity contribution in [1.82, 2.24) is 10.3 Å². The minimum atomic E-state index is -0.125. The number of carbonyl (C=O) groups excluding carboxylic acids is 1. The van der Waals surface area contributed by atoms with Gasteiger partial charge in [0.05, 0.1) is 10.6 Å². The highest BCUT2D eigenvalue weighted by molar-refractivity contribution is 6.33. The Hall–Kier alpha value is -1.09. The molecule has 18 heavy (non-hydrogen) atoms. The monoisotopic (exact) mass is 266 g/mol. The van der Waals surface area contributed by atoms with E-state index in [1.165, 1.54) is 38.3 Å². The minimum absolute atomic E-state index is 0.125. The van der Waals surface area contributed by atoms with Crippen molar-refractivity contribution >= 4 is 17.5 Å². The van der Waals surface area contributed by atoms with Crippen LogP contribution in [0.1, 0.15) is 49.4 Å². The summed E-state index contributed by atoms with van der Waals surface area (Å²) in [6.07, 6.45) is 9.32. The van der Waals surface area contributed by atoms with Crippen molar-refractivity contribution in [3.63, 3.8) is 0 Å². The maximum Gasteiger partial charge on any atom is 0.254 e. The van der Waals surface area contributed by atoms with E-state index in [-0.39, 0.29) is 11.3 Å². The summed E-state index contributed by atoms with van der Waals surface area (Å²) in [6, 6.07) is 1.64. The molecule has 1 aromatic heterocycles. The molecular formula is C14H19ClN2O. The quantitative estimate of drug-likeness (QED) is 0.911. The van der Waals surface area contributed by atoms with Gasteiger partial charge in [0.25, 0.3) is 5.91 Å². The van der Waals surface area contributed by atoms with Gasteiger partial charge in [-0.3, -0.25) is 9.78 Å². The third-order valence-corrected chi connectivity index (χ3v) is 4.08. The lowest BCUT2D eigenvalue weighted by atomic mass is 9.76. The molecule has 1 aliphatic carbocycles. The average Bonchev–Trinajstić information content (AvgIpc) is 2.38. The lowest BCUT2D eigenvalue weighted by Crippen LogP contribution is -2.37. The molecule has 0 unspecified atom stereocenters. The molecule has 98 valence electrons. The van der Waals surface area contributed by atoms with Crippen LogP contribution >= 0.6 is 11.6 Å². The van der Waals surface area contributed by atoms with Crippen molar-refractivity contribution in [1.29, 1.82) is 0 Å². The van der Waals surface area contributed by atoms with Crippen LogP contribution in [-0.4, -0.2) is 17.4 Å². The normalized spacial score (nSPS) is 18.3. The van der Waals surface area contributed by atoms with E-state index in [0.29, 0.717) is 10.6 Å². The maximum atomic E-state index is 12.0. The molecule has 2 rings (SSSR count). The number of hydrogen-bond acceptors (Lipinski definition) is 2. The van der Waals surface area contributed by atoms with Crippen molar-refractivity contribution in [2.45, 2.75) is 39.0 Å². The highest BCUT2D eigenvalue weighted by Gasteiger charge is 2.27. The SMILES string of the molecule is CC1(CNC(=O)c2cnccc2Cl)CCCCC1. The second kappa shape index (κ2) is 5.70. The lowest BCUT2D eigenvalue weighted by Gasteiger charge is -2.33. The predicted molar refractivity (Wildman–Crippen MR) is 72.8 cm³/mol. The molecule has 1 amide bonds. The number of nitrogens with zero attached hydrogens (tertiary/aromatic N) is 1. The van der Waals surface area contributed by atoms with Crippen LogP contribution in [0.3, 0.4) is 0 Å². The molecule has 0 spiro atoms. The number of amides is 1. The third-order valence-electron chi connectivity index (χ3n) is 3.75. The van der Waals surface area contributed by atoms with Crippen molar-refractivity contribution in [2.24, 2.45) is 5.41 Å². The van der Waals surface area contributed by atoms with E-state index in [4.69, 9.17) is 11.6 Å². The number of carbonyl (C=O) groups is 1. The number of pyridine rings is 1. The first-order valence-electron chi connectivity index (χ1n) is 6.48. The fourth-order valence-electron chi connectivity index (χ4n) is 2.52. The van der Waals surface area contributed by atoms with Crippen molar-refractivity contribution < 1.29 is 4.79 Å². The van der Waals surface area contributed by atoms with Crippen molar-refractivity contribution in [3.8, 4) is 0 Å². The standard InChI is InChI=1S/C14H19ClN2O/c1-14(6-3-2-4-7-14)10-17-13(18)11-9-16-8-5-12(11)15/h5,8-9H,2-4,6-7,10H2,1H3,(H,17,18). The van der Waals surface area contributed by atoms with E-state index in [2.05, 4.69) is 17.2 Å². The molecule has 1 N–H and O–H groups in total. The number of aromatic nitrogens is 1. The molecule has 0 atom stereocenters. The summed E-state index contributed by atoms with van der Waals surface area (Å²) < 4.78 is 0. The molecule has 1 fully saturated rings. The van der Waals surface area contributed by atoms with Gasteiger partial charge in [-0.15, -0.1) is 0 Å². The van der Waals surface area contributed by atoms with Gasteiger partial charge < -0.3 is 5.32 Å². The van der Waals surface area contributed by atoms with Crippen molar-refractivity contribution in [2.75, 3.05) is 6.54 Å². The summed E-state index contributed by atoms with van der Waals surface area (Å²) in [5.74, 6) is -0.125. The second-order valence-corrected chi connectivity index (χ2v) is 5.82. The topological polar surface area (TPSA) is 42.0 Å². The zero-order valence-electron chi connectivity index (χ0n) is 10.7. The lowest BCUT2D eigenvalue weighted by molar-refractivity contribution is 0.0919. The van der Waals surface area contributed by atoms with Crippen LogP contribution in [0, 0.1) is 5.41 Å². The largest absolute Gasteiger partial charge is 0.351 e. The number of halogens is 1. The van der Waals surface area contributed by atoms with Gasteiger partial charge in [-0.2, -0.15) is 0 Å². The Balaban J connectivity index is 1.94. The summed E-state index contributed by atoms with van der Waals surface area (Å²) in [5, 5.41) is 3.44. The van der Waals surface area contributed by atoms with Gasteiger partial charge in [0, 0.05) is 18.9 Å². The zero-order valence-corrected chi connectivity index (χ0v) is 11.5. The average molecular weight is 267 g/mol. The molecule has 0 aliphatic heterocycles. The fraction of sp³-hybridized carbons (Fsp3) is 0.571. The molecule has 1 aliphatic rings. The Morgan fingerprint density at radius 3 is 2.83 bits per heavy atom. The van der Waals surface area contributed by atoms with Gasteiger partial charge >= 0.3 is 0 Å². The molecule has 0 aromatic carbocycles. The first kappa shape index (κ1) is 13.3. The Kier molecular flexibility index (Phi) is 4.23. The van der Waals surface area contributed by atoms with Crippen LogP contribution in [0.15, 0.2) is 18.5 Å². The van der Waals surface area contributed by atoms with Gasteiger partial charge in [-0.05, 0) is 24.3 Å². The highest BCUT2D eigenvalue weighted by Crippen LogP contribution is 2.35. The van der Waals surface area contributed by atoms with Crippen LogP contribution < -0.4 is 5.32 Å². The Labute approximate surface area is 113 Å². The van der Waals surface area contributed by atoms with E-state index in [9.17, 15) is 4.79 Å². The van der Waals surface area contributed by atoms with Gasteiger partial charge in [-0.1, -0.05) is 37.8 Å². The molecule has 0 bridgehead atoms. The van der Waals surface area contributed by atoms with Gasteiger partial charge in [-0.25, -0.2) is 0 Å². The van der Waals surface area contributed by atoms with Gasteiger partial charge in [0.2, 0.25) is 0 Å². The molecule has 0 saturated heterocycles. The minimum Gasteiger partial charge on any atom is -0.351 e. The highest BCUT2D eigenvalue weighted by atomic mass is 35.5. The van der Waals surface area contributed by atoms with Crippen molar-refractivity contribution in [3.05, 3.63) is 29.0 Å². The Morgan fingerprint density at radius 2 is 2.17 bits per heavy atom. The first-order valence-corrected chi connectivity index (χ1v) is 6.86. The van der Waals surface area contributed by atoms with Crippen LogP contribution in [-0.2, 0) is 0 Å². The number of nitrogens with one attached hydrogen (secondary N) is 1. The maximum absolute atomic E-state index is 12.0. The fourth-order valence-corrected chi connectivity index (χ4v) is 2.71. The van der Waals surface area contributed by atoms with E-state index in [1.54, 1.807) is 12.3 Å². The van der Waals surface area contributed by atoms with Crippen LogP contribution in [0.25, 0.3) is 0 Å². The molecule has 1 aromatic rings. The molecular weight excluding hydrogens is 248 g/mol. The summed E-state index contributed by atoms with van der Waals surface area (Å²) >= 11 is 5.97. The summed E-state index contributed by atoms with van der Waals surface area (Å²) in [5.41, 5.74) is 0.696. The Bertz CT molecular complexity index is 428. The van der Waals surface area contributed by atoms with Crippen LogP contribution in [0.5, 0.6) is 0 Å². The molecule has 3 nitrogen and oxygen atoms in total. The summed E-state index contributed by atoms with van der Waals surface area (Å²) in [7, 11) is 0. The Morgan fingerprint density at radius 1 is 1.44 bits per heavy atom. The van der Waals surface area contributed by atoms with E-state index < -0.39 is 0 Å². The van der Waals surface area contributed by atoms with Crippen LogP contribution in [0.2, 0.25) is 5.02 Å². The summed E-state index contributed by atoms with van der Waals surface area (Å²) in [4.78, 5) is 15.9. The van der Waals surface area contributed by atoms with E-state index in [1.807, 2.05) is 0 Å². The third kappa shape index (κ3) is 3.22. The molecule has 4 heteroatoms. The van der Waals surface area contributed by atoms with Gasteiger partial charge in [0.15, 0.2) is 0 Å². The molecule has 0 radical (unpaired) electrons. The molecule has 1 heterocycles. The first-order chi connectivity index (χ1) is 8.61. The van der Waals surface area contributed by atoms with E-state index >= 15 is 0 Å². The van der Waals surface area contributed by atoms with Crippen LogP contribution in [0.4, 0.5) is 0 Å². The van der Waals surface area contributed by atoms with Gasteiger partial charge in [0.1, 0.15) is 0 Å². The zero-order chi connectivity index (χ0) is 13.0. The summed E-state index contributed by atoms with van der Waals surface area (Å²) in [6.45, 7) is 2.97. The second-order valence-electron chi connectivity index (χ2n) is 5.41. The number of rotatable bonds is 3. The van der Waals surface area contributed by atoms with E-state index in [0.717, 1.165) is 6.54 Å².